The van der Waals surface area contributed by atoms with Crippen LogP contribution in [0.3, 0.4) is 0 Å². The third kappa shape index (κ3) is 2.87. The van der Waals surface area contributed by atoms with Crippen molar-refractivity contribution in [1.82, 2.24) is 5.32 Å². The van der Waals surface area contributed by atoms with Crippen LogP contribution in [0.1, 0.15) is 27.2 Å². The molecule has 0 saturated heterocycles. The maximum Gasteiger partial charge on any atom is 0.0438 e. The molecule has 3 N–H and O–H groups in total. The van der Waals surface area contributed by atoms with Gasteiger partial charge in [-0.25, -0.2) is 0 Å². The van der Waals surface area contributed by atoms with Gasteiger partial charge in [-0.15, -0.1) is 0 Å². The maximum atomic E-state index is 5.78. The summed E-state index contributed by atoms with van der Waals surface area (Å²) in [4.78, 5) is 0. The van der Waals surface area contributed by atoms with E-state index in [2.05, 4.69) is 19.2 Å². The first-order valence-electron chi connectivity index (χ1n) is 3.91. The molecule has 0 saturated carbocycles. The first-order valence-corrected chi connectivity index (χ1v) is 3.91. The fourth-order valence-corrected chi connectivity index (χ4v) is 0.871. The van der Waals surface area contributed by atoms with Gasteiger partial charge in [0.05, 0.1) is 0 Å². The number of likely N-dealkylation sites (N-methyl/N-ethyl adjacent to an activating group) is 1. The first kappa shape index (κ1) is 9.50. The van der Waals surface area contributed by atoms with Gasteiger partial charge in [-0.1, -0.05) is 13.0 Å². The summed E-state index contributed by atoms with van der Waals surface area (Å²) < 4.78 is 0. The normalized spacial score (nSPS) is 15.0. The molecule has 2 heteroatoms. The van der Waals surface area contributed by atoms with Gasteiger partial charge in [-0.05, 0) is 20.3 Å². The lowest BCUT2D eigenvalue weighted by atomic mass is 10.1. The zero-order valence-electron chi connectivity index (χ0n) is 7.15. The smallest absolute Gasteiger partial charge is 0.0438 e. The molecule has 0 bridgehead atoms. The lowest BCUT2D eigenvalue weighted by molar-refractivity contribution is 0.662. The van der Waals surface area contributed by atoms with Crippen LogP contribution in [0.25, 0.3) is 0 Å². The Kier molecular flexibility index (Phi) is 5.03. The summed E-state index contributed by atoms with van der Waals surface area (Å²) in [6.45, 7) is 7.12. The molecule has 0 fully saturated rings. The third-order valence-corrected chi connectivity index (χ3v) is 1.53. The Labute approximate surface area is 63.5 Å². The van der Waals surface area contributed by atoms with Crippen molar-refractivity contribution >= 4 is 0 Å². The van der Waals surface area contributed by atoms with Crippen LogP contribution in [0.4, 0.5) is 0 Å². The van der Waals surface area contributed by atoms with Crippen LogP contribution in [0.2, 0.25) is 0 Å². The van der Waals surface area contributed by atoms with E-state index in [1.807, 2.05) is 13.0 Å². The summed E-state index contributed by atoms with van der Waals surface area (Å²) in [7, 11) is 0. The van der Waals surface area contributed by atoms with Crippen molar-refractivity contribution < 1.29 is 0 Å². The van der Waals surface area contributed by atoms with Gasteiger partial charge in [0.15, 0.2) is 0 Å². The van der Waals surface area contributed by atoms with Gasteiger partial charge in [0, 0.05) is 18.3 Å². The highest BCUT2D eigenvalue weighted by Crippen LogP contribution is 1.98. The third-order valence-electron chi connectivity index (χ3n) is 1.53. The van der Waals surface area contributed by atoms with Crippen molar-refractivity contribution in [2.75, 3.05) is 6.54 Å². The van der Waals surface area contributed by atoms with Crippen molar-refractivity contribution in [3.8, 4) is 0 Å². The Morgan fingerprint density at radius 3 is 2.50 bits per heavy atom. The van der Waals surface area contributed by atoms with Crippen LogP contribution in [0.5, 0.6) is 0 Å². The van der Waals surface area contributed by atoms with E-state index in [0.717, 1.165) is 18.7 Å². The Morgan fingerprint density at radius 2 is 2.20 bits per heavy atom. The molecular formula is C8H18N2. The summed E-state index contributed by atoms with van der Waals surface area (Å²) >= 11 is 0. The van der Waals surface area contributed by atoms with Crippen molar-refractivity contribution in [2.24, 2.45) is 5.73 Å². The molecule has 0 aromatic heterocycles. The minimum Gasteiger partial charge on any atom is -0.388 e. The Hall–Kier alpha value is -0.500. The lowest BCUT2D eigenvalue weighted by Crippen LogP contribution is -2.30. The van der Waals surface area contributed by atoms with E-state index in [1.54, 1.807) is 0 Å². The van der Waals surface area contributed by atoms with Gasteiger partial charge in [-0.3, -0.25) is 0 Å². The number of allylic oxidation sites excluding steroid dienone is 1. The van der Waals surface area contributed by atoms with Gasteiger partial charge in [-0.2, -0.15) is 0 Å². The topological polar surface area (TPSA) is 38.0 Å². The van der Waals surface area contributed by atoms with Crippen molar-refractivity contribution in [3.05, 3.63) is 11.8 Å². The van der Waals surface area contributed by atoms with Crippen molar-refractivity contribution in [2.45, 2.75) is 33.2 Å². The number of nitrogens with two attached hydrogens (primary N) is 1. The molecule has 0 amide bonds. The minimum absolute atomic E-state index is 0.185. The molecule has 1 unspecified atom stereocenters. The second kappa shape index (κ2) is 5.30. The van der Waals surface area contributed by atoms with E-state index in [1.165, 1.54) is 0 Å². The van der Waals surface area contributed by atoms with Crippen LogP contribution < -0.4 is 11.1 Å². The predicted octanol–water partition coefficient (Wildman–Crippen LogP) is 1.24. The average Bonchev–Trinajstić information content (AvgIpc) is 1.99. The van der Waals surface area contributed by atoms with Gasteiger partial charge in [0.2, 0.25) is 0 Å². The molecule has 0 radical (unpaired) electrons. The zero-order chi connectivity index (χ0) is 7.98. The molecule has 0 aliphatic carbocycles. The molecule has 1 atom stereocenters. The summed E-state index contributed by atoms with van der Waals surface area (Å²) in [6.07, 6.45) is 3.03. The average molecular weight is 142 g/mol. The Balaban J connectivity index is 3.82. The van der Waals surface area contributed by atoms with Crippen LogP contribution in [-0.4, -0.2) is 12.6 Å². The van der Waals surface area contributed by atoms with Crippen molar-refractivity contribution in [1.29, 1.82) is 0 Å². The number of rotatable bonds is 4. The van der Waals surface area contributed by atoms with E-state index in [4.69, 9.17) is 5.73 Å². The highest BCUT2D eigenvalue weighted by atomic mass is 14.9. The van der Waals surface area contributed by atoms with Gasteiger partial charge < -0.3 is 11.1 Å². The number of hydrogen-bond acceptors (Lipinski definition) is 2. The van der Waals surface area contributed by atoms with Gasteiger partial charge >= 0.3 is 0 Å². The molecule has 0 spiro atoms. The fourth-order valence-electron chi connectivity index (χ4n) is 0.871. The van der Waals surface area contributed by atoms with Crippen LogP contribution in [0, 0.1) is 0 Å². The molecule has 10 heavy (non-hydrogen) atoms. The Morgan fingerprint density at radius 1 is 1.60 bits per heavy atom. The minimum atomic E-state index is 0.185. The fraction of sp³-hybridized carbons (Fsp3) is 0.750. The lowest BCUT2D eigenvalue weighted by Gasteiger charge is -2.14. The highest BCUT2D eigenvalue weighted by molar-refractivity contribution is 5.05. The first-order chi connectivity index (χ1) is 4.76. The molecule has 0 aromatic rings. The monoisotopic (exact) mass is 142 g/mol. The summed E-state index contributed by atoms with van der Waals surface area (Å²) in [5.41, 5.74) is 6.94. The summed E-state index contributed by atoms with van der Waals surface area (Å²) in [6, 6.07) is 0.185. The van der Waals surface area contributed by atoms with E-state index in [9.17, 15) is 0 Å². The highest BCUT2D eigenvalue weighted by Gasteiger charge is 2.02. The second-order valence-corrected chi connectivity index (χ2v) is 2.29. The van der Waals surface area contributed by atoms with Crippen LogP contribution in [-0.2, 0) is 0 Å². The zero-order valence-corrected chi connectivity index (χ0v) is 7.15. The molecule has 0 aliphatic rings. The SMILES string of the molecule is C/C=C(/NCC)C(N)CC. The molecule has 0 rings (SSSR count). The number of hydrogen-bond donors (Lipinski definition) is 2. The molecule has 0 aromatic carbocycles. The Bertz CT molecular complexity index is 108. The standard InChI is InChI=1S/C8H18N2/c1-4-7(9)8(5-2)10-6-3/h5,7,10H,4,6,9H2,1-3H3/b8-5+. The van der Waals surface area contributed by atoms with Gasteiger partial charge in [0.1, 0.15) is 0 Å². The van der Waals surface area contributed by atoms with Gasteiger partial charge in [0.25, 0.3) is 0 Å². The van der Waals surface area contributed by atoms with Crippen molar-refractivity contribution in [3.63, 3.8) is 0 Å². The molecule has 0 aliphatic heterocycles. The van der Waals surface area contributed by atoms with Crippen LogP contribution >= 0.6 is 0 Å². The van der Waals surface area contributed by atoms with E-state index >= 15 is 0 Å². The van der Waals surface area contributed by atoms with E-state index in [0.29, 0.717) is 0 Å². The van der Waals surface area contributed by atoms with Crippen LogP contribution in [0.15, 0.2) is 11.8 Å². The molecule has 60 valence electrons. The molecule has 0 heterocycles. The largest absolute Gasteiger partial charge is 0.388 e. The van der Waals surface area contributed by atoms with E-state index < -0.39 is 0 Å². The summed E-state index contributed by atoms with van der Waals surface area (Å²) in [5.74, 6) is 0. The molecule has 2 nitrogen and oxygen atoms in total. The predicted molar refractivity (Wildman–Crippen MR) is 45.7 cm³/mol. The quantitative estimate of drug-likeness (QED) is 0.619. The maximum absolute atomic E-state index is 5.78. The summed E-state index contributed by atoms with van der Waals surface area (Å²) in [5, 5.41) is 3.22. The second-order valence-electron chi connectivity index (χ2n) is 2.29. The van der Waals surface area contributed by atoms with E-state index in [-0.39, 0.29) is 6.04 Å². The number of nitrogens with one attached hydrogen (secondary N) is 1. The molecular weight excluding hydrogens is 124 g/mol.